The van der Waals surface area contributed by atoms with Gasteiger partial charge in [-0.3, -0.25) is 9.58 Å². The summed E-state index contributed by atoms with van der Waals surface area (Å²) in [5.74, 6) is -0.0355. The highest BCUT2D eigenvalue weighted by molar-refractivity contribution is 7.91. The second-order valence-corrected chi connectivity index (χ2v) is 8.03. The third kappa shape index (κ3) is 4.67. The fourth-order valence-corrected chi connectivity index (χ4v) is 4.20. The summed E-state index contributed by atoms with van der Waals surface area (Å²) in [4.78, 5) is 2.08. The molecule has 0 saturated carbocycles. The van der Waals surface area contributed by atoms with Gasteiger partial charge in [0, 0.05) is 25.2 Å². The van der Waals surface area contributed by atoms with Crippen LogP contribution in [0.25, 0.3) is 0 Å². The van der Waals surface area contributed by atoms with Crippen molar-refractivity contribution in [2.75, 3.05) is 18.8 Å². The van der Waals surface area contributed by atoms with Gasteiger partial charge >= 0.3 is 0 Å². The van der Waals surface area contributed by atoms with E-state index in [0.29, 0.717) is 24.7 Å². The molecule has 1 aromatic heterocycles. The average molecular weight is 377 g/mol. The van der Waals surface area contributed by atoms with Crippen molar-refractivity contribution < 1.29 is 8.42 Å². The van der Waals surface area contributed by atoms with Gasteiger partial charge in [0.2, 0.25) is 0 Å². The molecule has 0 aliphatic rings. The van der Waals surface area contributed by atoms with Gasteiger partial charge in [0.1, 0.15) is 0 Å². The first-order chi connectivity index (χ1) is 10.8. The van der Waals surface area contributed by atoms with E-state index in [1.165, 1.54) is 12.1 Å². The molecule has 0 N–H and O–H groups in total. The second kappa shape index (κ2) is 7.61. The van der Waals surface area contributed by atoms with Gasteiger partial charge in [-0.2, -0.15) is 0 Å². The first-order valence-electron chi connectivity index (χ1n) is 7.07. The van der Waals surface area contributed by atoms with Crippen molar-refractivity contribution >= 4 is 33.0 Å². The number of halogens is 2. The molecule has 2 aromatic rings. The predicted octanol–water partition coefficient (Wildman–Crippen LogP) is 2.42. The van der Waals surface area contributed by atoms with Crippen molar-refractivity contribution in [2.45, 2.75) is 18.4 Å². The van der Waals surface area contributed by atoms with Crippen LogP contribution in [0.4, 0.5) is 0 Å². The van der Waals surface area contributed by atoms with E-state index in [0.717, 1.165) is 5.69 Å². The van der Waals surface area contributed by atoms with Gasteiger partial charge in [-0.15, -0.1) is 5.10 Å². The largest absolute Gasteiger partial charge is 0.297 e. The lowest BCUT2D eigenvalue weighted by Crippen LogP contribution is -2.29. The zero-order valence-electron chi connectivity index (χ0n) is 12.9. The van der Waals surface area contributed by atoms with Crippen LogP contribution < -0.4 is 0 Å². The molecule has 6 nitrogen and oxygen atoms in total. The lowest BCUT2D eigenvalue weighted by Gasteiger charge is -2.20. The Bertz CT molecular complexity index is 777. The normalized spacial score (nSPS) is 12.0. The molecule has 0 bridgehead atoms. The number of hydrogen-bond acceptors (Lipinski definition) is 5. The Hall–Kier alpha value is -1.15. The molecule has 1 heterocycles. The second-order valence-electron chi connectivity index (χ2n) is 5.11. The molecule has 0 spiro atoms. The SMILES string of the molecule is CCN(CCS(=O)(=O)c1cc(Cl)ccc1Cl)Cc1cnnn1C. The van der Waals surface area contributed by atoms with Gasteiger partial charge in [0.25, 0.3) is 0 Å². The van der Waals surface area contributed by atoms with E-state index >= 15 is 0 Å². The number of sulfone groups is 1. The summed E-state index contributed by atoms with van der Waals surface area (Å²) in [6, 6.07) is 4.45. The number of benzene rings is 1. The van der Waals surface area contributed by atoms with E-state index in [4.69, 9.17) is 23.2 Å². The van der Waals surface area contributed by atoms with Gasteiger partial charge < -0.3 is 0 Å². The Morgan fingerprint density at radius 3 is 2.65 bits per heavy atom. The molecular formula is C14H18Cl2N4O2S. The molecule has 2 rings (SSSR count). The number of aryl methyl sites for hydroxylation is 1. The molecule has 9 heteroatoms. The Balaban J connectivity index is 2.08. The first kappa shape index (κ1) is 18.2. The third-order valence-corrected chi connectivity index (χ3v) is 5.95. The molecular weight excluding hydrogens is 359 g/mol. The summed E-state index contributed by atoms with van der Waals surface area (Å²) >= 11 is 11.9. The van der Waals surface area contributed by atoms with Gasteiger partial charge in [0.05, 0.1) is 27.6 Å². The number of nitrogens with zero attached hydrogens (tertiary/aromatic N) is 4. The monoisotopic (exact) mass is 376 g/mol. The van der Waals surface area contributed by atoms with E-state index in [1.54, 1.807) is 24.0 Å². The van der Waals surface area contributed by atoms with Crippen LogP contribution in [-0.4, -0.2) is 47.2 Å². The topological polar surface area (TPSA) is 68.1 Å². The van der Waals surface area contributed by atoms with Gasteiger partial charge in [-0.05, 0) is 24.7 Å². The summed E-state index contributed by atoms with van der Waals surface area (Å²) < 4.78 is 26.7. The number of rotatable bonds is 7. The maximum absolute atomic E-state index is 12.5. The zero-order valence-corrected chi connectivity index (χ0v) is 15.2. The molecule has 126 valence electrons. The van der Waals surface area contributed by atoms with Gasteiger partial charge in [0.15, 0.2) is 9.84 Å². The van der Waals surface area contributed by atoms with E-state index in [1.807, 2.05) is 11.8 Å². The summed E-state index contributed by atoms with van der Waals surface area (Å²) in [5.41, 5.74) is 0.921. The van der Waals surface area contributed by atoms with Crippen LogP contribution in [0.5, 0.6) is 0 Å². The Kier molecular flexibility index (Phi) is 6.02. The molecule has 0 radical (unpaired) electrons. The van der Waals surface area contributed by atoms with Crippen molar-refractivity contribution in [3.05, 3.63) is 40.1 Å². The highest BCUT2D eigenvalue weighted by Crippen LogP contribution is 2.26. The number of aromatic nitrogens is 3. The molecule has 0 amide bonds. The lowest BCUT2D eigenvalue weighted by atomic mass is 10.4. The Morgan fingerprint density at radius 2 is 2.04 bits per heavy atom. The van der Waals surface area contributed by atoms with Crippen molar-refractivity contribution in [1.82, 2.24) is 19.9 Å². The molecule has 1 aromatic carbocycles. The van der Waals surface area contributed by atoms with Gasteiger partial charge in [-0.1, -0.05) is 35.3 Å². The van der Waals surface area contributed by atoms with E-state index in [-0.39, 0.29) is 15.7 Å². The van der Waals surface area contributed by atoms with Crippen LogP contribution in [0, 0.1) is 0 Å². The predicted molar refractivity (Wildman–Crippen MR) is 90.5 cm³/mol. The molecule has 0 atom stereocenters. The molecule has 23 heavy (non-hydrogen) atoms. The molecule has 0 unspecified atom stereocenters. The maximum atomic E-state index is 12.5. The smallest absolute Gasteiger partial charge is 0.181 e. The fourth-order valence-electron chi connectivity index (χ4n) is 2.11. The van der Waals surface area contributed by atoms with E-state index in [2.05, 4.69) is 10.3 Å². The summed E-state index contributed by atoms with van der Waals surface area (Å²) in [5, 5.41) is 8.23. The minimum atomic E-state index is -3.50. The van der Waals surface area contributed by atoms with Gasteiger partial charge in [-0.25, -0.2) is 8.42 Å². The molecule has 0 fully saturated rings. The average Bonchev–Trinajstić information content (AvgIpc) is 2.91. The minimum absolute atomic E-state index is 0.0355. The Morgan fingerprint density at radius 1 is 1.30 bits per heavy atom. The molecule has 0 aliphatic carbocycles. The van der Waals surface area contributed by atoms with Crippen LogP contribution >= 0.6 is 23.2 Å². The van der Waals surface area contributed by atoms with Crippen molar-refractivity contribution in [3.63, 3.8) is 0 Å². The van der Waals surface area contributed by atoms with E-state index in [9.17, 15) is 8.42 Å². The standard InChI is InChI=1S/C14H18Cl2N4O2S/c1-3-20(10-12-9-17-18-19(12)2)6-7-23(21,22)14-8-11(15)4-5-13(14)16/h4-5,8-9H,3,6-7,10H2,1-2H3. The molecule has 0 saturated heterocycles. The van der Waals surface area contributed by atoms with E-state index < -0.39 is 9.84 Å². The minimum Gasteiger partial charge on any atom is -0.297 e. The summed E-state index contributed by atoms with van der Waals surface area (Å²) in [7, 11) is -1.70. The Labute approximate surface area is 145 Å². The number of hydrogen-bond donors (Lipinski definition) is 0. The first-order valence-corrected chi connectivity index (χ1v) is 9.48. The summed E-state index contributed by atoms with van der Waals surface area (Å²) in [6.45, 7) is 3.65. The van der Waals surface area contributed by atoms with Crippen LogP contribution in [-0.2, 0) is 23.4 Å². The maximum Gasteiger partial charge on any atom is 0.181 e. The van der Waals surface area contributed by atoms with Crippen molar-refractivity contribution in [1.29, 1.82) is 0 Å². The highest BCUT2D eigenvalue weighted by atomic mass is 35.5. The van der Waals surface area contributed by atoms with Crippen LogP contribution in [0.3, 0.4) is 0 Å². The molecule has 0 aliphatic heterocycles. The fraction of sp³-hybridized carbons (Fsp3) is 0.429. The van der Waals surface area contributed by atoms with Crippen molar-refractivity contribution in [3.8, 4) is 0 Å². The highest BCUT2D eigenvalue weighted by Gasteiger charge is 2.20. The van der Waals surface area contributed by atoms with Crippen LogP contribution in [0.2, 0.25) is 10.0 Å². The van der Waals surface area contributed by atoms with Crippen LogP contribution in [0.1, 0.15) is 12.6 Å². The summed E-state index contributed by atoms with van der Waals surface area (Å²) in [6.07, 6.45) is 1.67. The lowest BCUT2D eigenvalue weighted by molar-refractivity contribution is 0.288. The quantitative estimate of drug-likeness (QED) is 0.741. The van der Waals surface area contributed by atoms with Crippen molar-refractivity contribution in [2.24, 2.45) is 7.05 Å². The zero-order chi connectivity index (χ0) is 17.0. The van der Waals surface area contributed by atoms with Crippen LogP contribution in [0.15, 0.2) is 29.3 Å². The third-order valence-electron chi connectivity index (χ3n) is 3.55.